The second-order valence-corrected chi connectivity index (χ2v) is 7.78. The third-order valence-electron chi connectivity index (χ3n) is 4.24. The van der Waals surface area contributed by atoms with Crippen LogP contribution in [-0.4, -0.2) is 6.16 Å². The first-order chi connectivity index (χ1) is 11.8. The van der Waals surface area contributed by atoms with E-state index in [9.17, 15) is 0 Å². The highest BCUT2D eigenvalue weighted by Gasteiger charge is 2.16. The van der Waals surface area contributed by atoms with E-state index in [2.05, 4.69) is 13.0 Å². The van der Waals surface area contributed by atoms with Gasteiger partial charge in [0.15, 0.2) is 0 Å². The summed E-state index contributed by atoms with van der Waals surface area (Å²) >= 11 is 0. The Labute approximate surface area is 146 Å². The zero-order valence-corrected chi connectivity index (χ0v) is 15.1. The van der Waals surface area contributed by atoms with Crippen LogP contribution in [0.5, 0.6) is 11.5 Å². The van der Waals surface area contributed by atoms with Crippen LogP contribution in [0.25, 0.3) is 0 Å². The molecule has 0 N–H and O–H groups in total. The van der Waals surface area contributed by atoms with Crippen LogP contribution in [0.4, 0.5) is 0 Å². The molecule has 24 heavy (non-hydrogen) atoms. The van der Waals surface area contributed by atoms with Crippen molar-refractivity contribution >= 4 is 8.38 Å². The maximum atomic E-state index is 6.13. The van der Waals surface area contributed by atoms with Gasteiger partial charge in [-0.05, 0) is 49.4 Å². The fourth-order valence-corrected chi connectivity index (χ4v) is 4.32. The van der Waals surface area contributed by atoms with E-state index in [1.54, 1.807) is 5.57 Å². The third kappa shape index (κ3) is 5.39. The Balaban J connectivity index is 1.68. The molecule has 0 radical (unpaired) electrons. The summed E-state index contributed by atoms with van der Waals surface area (Å²) in [5, 5.41) is 0. The number of rotatable bonds is 6. The highest BCUT2D eigenvalue weighted by atomic mass is 31.2. The molecule has 1 aliphatic rings. The fourth-order valence-electron chi connectivity index (χ4n) is 3.01. The molecular formula is C21H25O2P. The van der Waals surface area contributed by atoms with Crippen LogP contribution in [0.1, 0.15) is 32.6 Å². The Hall–Kier alpha value is -1.79. The van der Waals surface area contributed by atoms with E-state index in [-0.39, 0.29) is 0 Å². The van der Waals surface area contributed by atoms with Gasteiger partial charge in [-0.1, -0.05) is 61.4 Å². The van der Waals surface area contributed by atoms with Gasteiger partial charge in [0.05, 0.1) is 6.16 Å². The lowest BCUT2D eigenvalue weighted by Crippen LogP contribution is -2.06. The molecule has 0 saturated heterocycles. The normalized spacial score (nSPS) is 19.4. The Bertz CT molecular complexity index is 598. The quantitative estimate of drug-likeness (QED) is 0.436. The lowest BCUT2D eigenvalue weighted by atomic mass is 9.87. The summed E-state index contributed by atoms with van der Waals surface area (Å²) in [6.07, 6.45) is 8.30. The molecule has 1 aliphatic carbocycles. The predicted molar refractivity (Wildman–Crippen MR) is 102 cm³/mol. The zero-order chi connectivity index (χ0) is 16.6. The van der Waals surface area contributed by atoms with E-state index in [1.165, 1.54) is 25.7 Å². The van der Waals surface area contributed by atoms with Crippen LogP contribution in [0.15, 0.2) is 72.3 Å². The van der Waals surface area contributed by atoms with Crippen LogP contribution in [0.2, 0.25) is 0 Å². The van der Waals surface area contributed by atoms with Crippen molar-refractivity contribution in [3.8, 4) is 11.5 Å². The van der Waals surface area contributed by atoms with Crippen LogP contribution in [-0.2, 0) is 0 Å². The van der Waals surface area contributed by atoms with Gasteiger partial charge in [-0.15, -0.1) is 0 Å². The van der Waals surface area contributed by atoms with Gasteiger partial charge >= 0.3 is 0 Å². The Morgan fingerprint density at radius 2 is 1.54 bits per heavy atom. The molecule has 0 spiro atoms. The van der Waals surface area contributed by atoms with E-state index in [0.717, 1.165) is 23.6 Å². The van der Waals surface area contributed by atoms with Crippen LogP contribution >= 0.6 is 8.38 Å². The zero-order valence-electron chi connectivity index (χ0n) is 14.2. The smallest absolute Gasteiger partial charge is 0.294 e. The van der Waals surface area contributed by atoms with Gasteiger partial charge in [0, 0.05) is 0 Å². The largest absolute Gasteiger partial charge is 0.438 e. The number of allylic oxidation sites excluding steroid dienone is 2. The Kier molecular flexibility index (Phi) is 6.32. The van der Waals surface area contributed by atoms with E-state index in [0.29, 0.717) is 0 Å². The summed E-state index contributed by atoms with van der Waals surface area (Å²) in [7, 11) is -1.03. The van der Waals surface area contributed by atoms with Crippen molar-refractivity contribution in [3.63, 3.8) is 0 Å². The molecule has 2 nitrogen and oxygen atoms in total. The lowest BCUT2D eigenvalue weighted by molar-refractivity contribution is 0.451. The monoisotopic (exact) mass is 340 g/mol. The molecule has 0 amide bonds. The average Bonchev–Trinajstić information content (AvgIpc) is 2.62. The van der Waals surface area contributed by atoms with Gasteiger partial charge in [-0.3, -0.25) is 0 Å². The lowest BCUT2D eigenvalue weighted by Gasteiger charge is -2.22. The van der Waals surface area contributed by atoms with Gasteiger partial charge in [0.25, 0.3) is 8.38 Å². The summed E-state index contributed by atoms with van der Waals surface area (Å²) in [4.78, 5) is 0. The van der Waals surface area contributed by atoms with Gasteiger partial charge < -0.3 is 9.05 Å². The first kappa shape index (κ1) is 17.0. The van der Waals surface area contributed by atoms with Crippen molar-refractivity contribution in [2.24, 2.45) is 5.92 Å². The molecule has 0 aromatic heterocycles. The molecule has 3 rings (SSSR count). The topological polar surface area (TPSA) is 18.5 Å². The van der Waals surface area contributed by atoms with E-state index >= 15 is 0 Å². The predicted octanol–water partition coefficient (Wildman–Crippen LogP) is 6.59. The van der Waals surface area contributed by atoms with E-state index in [1.807, 2.05) is 60.7 Å². The molecule has 0 bridgehead atoms. The van der Waals surface area contributed by atoms with Crippen molar-refractivity contribution < 1.29 is 9.05 Å². The second kappa shape index (κ2) is 8.89. The summed E-state index contributed by atoms with van der Waals surface area (Å²) in [5.74, 6) is 2.55. The molecule has 1 unspecified atom stereocenters. The minimum absolute atomic E-state index is 0.807. The molecule has 1 saturated carbocycles. The van der Waals surface area contributed by atoms with Crippen LogP contribution in [0.3, 0.4) is 0 Å². The van der Waals surface area contributed by atoms with Gasteiger partial charge in [0.1, 0.15) is 11.5 Å². The Morgan fingerprint density at radius 1 is 0.958 bits per heavy atom. The van der Waals surface area contributed by atoms with Crippen molar-refractivity contribution in [3.05, 3.63) is 72.3 Å². The maximum Gasteiger partial charge on any atom is 0.294 e. The standard InChI is InChI=1S/C21H25O2P/c1-18-9-8-10-19(17-18)15-16-24(22-20-11-4-2-5-12-20)23-21-13-6-3-7-14-21/h2-7,11-15,18H,8-10,16-17H2,1H3. The highest BCUT2D eigenvalue weighted by molar-refractivity contribution is 7.48. The molecule has 3 heteroatoms. The highest BCUT2D eigenvalue weighted by Crippen LogP contribution is 2.41. The molecule has 2 aromatic rings. The summed E-state index contributed by atoms with van der Waals surface area (Å²) in [6.45, 7) is 2.34. The molecule has 0 heterocycles. The summed E-state index contributed by atoms with van der Waals surface area (Å²) in [5.41, 5.74) is 1.56. The maximum absolute atomic E-state index is 6.13. The number of hydrogen-bond acceptors (Lipinski definition) is 2. The molecular weight excluding hydrogens is 315 g/mol. The summed E-state index contributed by atoms with van der Waals surface area (Å²) < 4.78 is 12.3. The molecule has 1 fully saturated rings. The third-order valence-corrected chi connectivity index (χ3v) is 5.54. The van der Waals surface area contributed by atoms with Crippen molar-refractivity contribution in [2.45, 2.75) is 32.6 Å². The van der Waals surface area contributed by atoms with Crippen molar-refractivity contribution in [1.29, 1.82) is 0 Å². The minimum Gasteiger partial charge on any atom is -0.438 e. The Morgan fingerprint density at radius 3 is 2.08 bits per heavy atom. The van der Waals surface area contributed by atoms with Crippen molar-refractivity contribution in [1.82, 2.24) is 0 Å². The first-order valence-corrected chi connectivity index (χ1v) is 10.1. The molecule has 126 valence electrons. The number of benzene rings is 2. The van der Waals surface area contributed by atoms with Gasteiger partial charge in [-0.2, -0.15) is 0 Å². The summed E-state index contributed by atoms with van der Waals surface area (Å²) in [6, 6.07) is 19.9. The molecule has 0 aliphatic heterocycles. The molecule has 1 atom stereocenters. The molecule has 2 aromatic carbocycles. The van der Waals surface area contributed by atoms with E-state index in [4.69, 9.17) is 9.05 Å². The van der Waals surface area contributed by atoms with Gasteiger partial charge in [0.2, 0.25) is 0 Å². The number of para-hydroxylation sites is 2. The first-order valence-electron chi connectivity index (χ1n) is 8.71. The SMILES string of the molecule is CC1CCCC(=CCP(Oc2ccccc2)Oc2ccccc2)C1. The van der Waals surface area contributed by atoms with Crippen LogP contribution in [0, 0.1) is 5.92 Å². The minimum atomic E-state index is -1.03. The van der Waals surface area contributed by atoms with E-state index < -0.39 is 8.38 Å². The number of hydrogen-bond donors (Lipinski definition) is 0. The fraction of sp³-hybridized carbons (Fsp3) is 0.333. The van der Waals surface area contributed by atoms with Gasteiger partial charge in [-0.25, -0.2) is 0 Å². The second-order valence-electron chi connectivity index (χ2n) is 6.39. The van der Waals surface area contributed by atoms with Crippen molar-refractivity contribution in [2.75, 3.05) is 6.16 Å². The van der Waals surface area contributed by atoms with Crippen LogP contribution < -0.4 is 9.05 Å². The average molecular weight is 340 g/mol.